The molecular weight excluding hydrogens is 295 g/mol. The summed E-state index contributed by atoms with van der Waals surface area (Å²) in [6.45, 7) is 6.10. The second-order valence-electron chi connectivity index (χ2n) is 3.37. The Bertz CT molecular complexity index is 227. The van der Waals surface area contributed by atoms with E-state index in [1.807, 2.05) is 29.5 Å². The van der Waals surface area contributed by atoms with Crippen LogP contribution in [0.5, 0.6) is 0 Å². The van der Waals surface area contributed by atoms with Crippen molar-refractivity contribution in [3.05, 3.63) is 0 Å². The van der Waals surface area contributed by atoms with E-state index in [0.717, 1.165) is 6.42 Å². The number of rotatable bonds is 4. The minimum absolute atomic E-state index is 0.0934. The van der Waals surface area contributed by atoms with Gasteiger partial charge < -0.3 is 9.47 Å². The van der Waals surface area contributed by atoms with Crippen LogP contribution in [0.3, 0.4) is 0 Å². The van der Waals surface area contributed by atoms with E-state index in [2.05, 4.69) is 23.7 Å². The lowest BCUT2D eigenvalue weighted by Gasteiger charge is -2.14. The number of hydrogen-bond donors (Lipinski definition) is 0. The maximum absolute atomic E-state index is 11.0. The molecule has 0 aliphatic rings. The topological polar surface area (TPSA) is 35.5 Å². The Morgan fingerprint density at radius 2 is 2.07 bits per heavy atom. The highest BCUT2D eigenvalue weighted by Crippen LogP contribution is 2.08. The van der Waals surface area contributed by atoms with Crippen molar-refractivity contribution in [3.63, 3.8) is 0 Å². The van der Waals surface area contributed by atoms with Gasteiger partial charge in [0.1, 0.15) is 6.10 Å². The third kappa shape index (κ3) is 8.17. The number of carbonyl (C=O) groups is 1. The molecule has 0 rings (SSSR count). The van der Waals surface area contributed by atoms with Crippen LogP contribution in [-0.4, -0.2) is 18.9 Å². The van der Waals surface area contributed by atoms with Gasteiger partial charge in [-0.2, -0.15) is 0 Å². The van der Waals surface area contributed by atoms with Crippen molar-refractivity contribution < 1.29 is 14.3 Å². The van der Waals surface area contributed by atoms with E-state index < -0.39 is 6.16 Å². The van der Waals surface area contributed by atoms with Crippen molar-refractivity contribution in [2.45, 2.75) is 33.3 Å². The van der Waals surface area contributed by atoms with Gasteiger partial charge >= 0.3 is 6.16 Å². The van der Waals surface area contributed by atoms with Gasteiger partial charge in [0.25, 0.3) is 0 Å². The Hall–Kier alpha value is -0.440. The number of ether oxygens (including phenoxy) is 2. The largest absolute Gasteiger partial charge is 0.509 e. The van der Waals surface area contributed by atoms with Gasteiger partial charge in [-0.1, -0.05) is 19.8 Å². The first-order chi connectivity index (χ1) is 6.56. The van der Waals surface area contributed by atoms with Crippen molar-refractivity contribution in [2.24, 2.45) is 5.92 Å². The van der Waals surface area contributed by atoms with E-state index in [1.54, 1.807) is 0 Å². The SMILES string of the molecule is CC(C)CC(C)OC(=O)OCC#CI. The summed E-state index contributed by atoms with van der Waals surface area (Å²) in [5.74, 6) is 3.11. The lowest BCUT2D eigenvalue weighted by molar-refractivity contribution is 0.0302. The number of halogens is 1. The average molecular weight is 310 g/mol. The van der Waals surface area contributed by atoms with Gasteiger partial charge in [-0.15, -0.1) is 0 Å². The Balaban J connectivity index is 3.64. The Labute approximate surface area is 98.7 Å². The van der Waals surface area contributed by atoms with Crippen LogP contribution in [0.4, 0.5) is 4.79 Å². The summed E-state index contributed by atoms with van der Waals surface area (Å²) >= 11 is 1.88. The van der Waals surface area contributed by atoms with E-state index in [1.165, 1.54) is 0 Å². The zero-order valence-corrected chi connectivity index (χ0v) is 10.8. The predicted molar refractivity (Wildman–Crippen MR) is 63.1 cm³/mol. The highest BCUT2D eigenvalue weighted by atomic mass is 127. The molecule has 0 N–H and O–H groups in total. The Morgan fingerprint density at radius 1 is 1.43 bits per heavy atom. The Kier molecular flexibility index (Phi) is 7.67. The molecule has 80 valence electrons. The fourth-order valence-electron chi connectivity index (χ4n) is 1.03. The highest BCUT2D eigenvalue weighted by molar-refractivity contribution is 14.1. The fourth-order valence-corrected chi connectivity index (χ4v) is 1.19. The molecule has 0 aromatic heterocycles. The first-order valence-electron chi connectivity index (χ1n) is 4.48. The monoisotopic (exact) mass is 310 g/mol. The maximum Gasteiger partial charge on any atom is 0.509 e. The zero-order valence-electron chi connectivity index (χ0n) is 8.67. The third-order valence-corrected chi connectivity index (χ3v) is 1.81. The lowest BCUT2D eigenvalue weighted by atomic mass is 10.1. The summed E-state index contributed by atoms with van der Waals surface area (Å²) in [7, 11) is 0. The molecule has 0 amide bonds. The summed E-state index contributed by atoms with van der Waals surface area (Å²) in [6, 6.07) is 0. The van der Waals surface area contributed by atoms with Crippen LogP contribution in [-0.2, 0) is 9.47 Å². The summed E-state index contributed by atoms with van der Waals surface area (Å²) in [6.07, 6.45) is 0.0972. The molecule has 0 heterocycles. The smallest absolute Gasteiger partial charge is 0.431 e. The summed E-state index contributed by atoms with van der Waals surface area (Å²) < 4.78 is 12.3. The molecule has 1 unspecified atom stereocenters. The number of hydrogen-bond acceptors (Lipinski definition) is 3. The normalized spacial score (nSPS) is 11.5. The van der Waals surface area contributed by atoms with E-state index in [4.69, 9.17) is 9.47 Å². The molecule has 0 fully saturated rings. The molecule has 0 radical (unpaired) electrons. The molecular formula is C10H15IO3. The van der Waals surface area contributed by atoms with Gasteiger partial charge in [-0.05, 0) is 23.2 Å². The Morgan fingerprint density at radius 3 is 2.57 bits per heavy atom. The van der Waals surface area contributed by atoms with Crippen LogP contribution >= 0.6 is 22.6 Å². The van der Waals surface area contributed by atoms with Crippen molar-refractivity contribution in [3.8, 4) is 9.85 Å². The van der Waals surface area contributed by atoms with Gasteiger partial charge in [-0.25, -0.2) is 4.79 Å². The molecule has 0 spiro atoms. The molecule has 14 heavy (non-hydrogen) atoms. The summed E-state index contributed by atoms with van der Waals surface area (Å²) in [5, 5.41) is 0. The molecule has 4 heteroatoms. The average Bonchev–Trinajstić information content (AvgIpc) is 2.02. The maximum atomic E-state index is 11.0. The molecule has 0 aromatic rings. The summed E-state index contributed by atoms with van der Waals surface area (Å²) in [5.41, 5.74) is 0. The second kappa shape index (κ2) is 7.92. The molecule has 1 atom stereocenters. The van der Waals surface area contributed by atoms with Crippen LogP contribution < -0.4 is 0 Å². The van der Waals surface area contributed by atoms with E-state index in [9.17, 15) is 4.79 Å². The zero-order chi connectivity index (χ0) is 11.0. The molecule has 0 aliphatic heterocycles. The van der Waals surface area contributed by atoms with Crippen molar-refractivity contribution >= 4 is 28.7 Å². The highest BCUT2D eigenvalue weighted by Gasteiger charge is 2.11. The van der Waals surface area contributed by atoms with Crippen LogP contribution in [0.2, 0.25) is 0 Å². The second-order valence-corrected chi connectivity index (χ2v) is 3.91. The molecule has 0 aromatic carbocycles. The molecule has 0 saturated heterocycles. The quantitative estimate of drug-likeness (QED) is 0.455. The lowest BCUT2D eigenvalue weighted by Crippen LogP contribution is -2.17. The van der Waals surface area contributed by atoms with E-state index in [0.29, 0.717) is 5.92 Å². The van der Waals surface area contributed by atoms with Gasteiger partial charge in [0, 0.05) is 22.6 Å². The van der Waals surface area contributed by atoms with Gasteiger partial charge in [-0.3, -0.25) is 0 Å². The minimum Gasteiger partial charge on any atom is -0.431 e. The minimum atomic E-state index is -0.641. The van der Waals surface area contributed by atoms with Gasteiger partial charge in [0.2, 0.25) is 0 Å². The van der Waals surface area contributed by atoms with Crippen molar-refractivity contribution in [2.75, 3.05) is 6.61 Å². The van der Waals surface area contributed by atoms with Crippen LogP contribution in [0.15, 0.2) is 0 Å². The van der Waals surface area contributed by atoms with E-state index >= 15 is 0 Å². The van der Waals surface area contributed by atoms with Gasteiger partial charge in [0.05, 0.1) is 0 Å². The first-order valence-corrected chi connectivity index (χ1v) is 5.56. The van der Waals surface area contributed by atoms with Crippen LogP contribution in [0.25, 0.3) is 0 Å². The van der Waals surface area contributed by atoms with Crippen LogP contribution in [0, 0.1) is 15.8 Å². The summed E-state index contributed by atoms with van der Waals surface area (Å²) in [4.78, 5) is 11.0. The molecule has 0 bridgehead atoms. The standard InChI is InChI=1S/C10H15IO3/c1-8(2)7-9(3)14-10(12)13-6-4-5-11/h8-9H,6-7H2,1-3H3. The predicted octanol–water partition coefficient (Wildman–Crippen LogP) is 2.97. The van der Waals surface area contributed by atoms with Crippen molar-refractivity contribution in [1.82, 2.24) is 0 Å². The van der Waals surface area contributed by atoms with Gasteiger partial charge in [0.15, 0.2) is 6.61 Å². The molecule has 0 saturated carbocycles. The molecule has 0 aliphatic carbocycles. The number of carbonyl (C=O) groups excluding carboxylic acids is 1. The fraction of sp³-hybridized carbons (Fsp3) is 0.700. The third-order valence-electron chi connectivity index (χ3n) is 1.43. The molecule has 3 nitrogen and oxygen atoms in total. The van der Waals surface area contributed by atoms with Crippen LogP contribution in [0.1, 0.15) is 27.2 Å². The van der Waals surface area contributed by atoms with E-state index in [-0.39, 0.29) is 12.7 Å². The van der Waals surface area contributed by atoms with Crippen molar-refractivity contribution in [1.29, 1.82) is 0 Å². The first kappa shape index (κ1) is 13.6.